The number of hydrogen-bond donors (Lipinski definition) is 3. The summed E-state index contributed by atoms with van der Waals surface area (Å²) in [5.41, 5.74) is 5.72. The van der Waals surface area contributed by atoms with E-state index in [0.29, 0.717) is 17.2 Å². The van der Waals surface area contributed by atoms with E-state index in [1.165, 1.54) is 4.90 Å². The normalized spacial score (nSPS) is 9.82. The van der Waals surface area contributed by atoms with Crippen molar-refractivity contribution in [3.8, 4) is 0 Å². The number of nitrogens with zero attached hydrogens (tertiary/aromatic N) is 1. The van der Waals surface area contributed by atoms with Crippen molar-refractivity contribution >= 4 is 35.0 Å². The van der Waals surface area contributed by atoms with E-state index in [1.807, 2.05) is 18.2 Å². The lowest BCUT2D eigenvalue weighted by Gasteiger charge is -2.11. The van der Waals surface area contributed by atoms with Gasteiger partial charge in [0.15, 0.2) is 5.11 Å². The number of pyridine rings is 1. The van der Waals surface area contributed by atoms with Gasteiger partial charge in [-0.2, -0.15) is 0 Å². The molecule has 7 heteroatoms. The summed E-state index contributed by atoms with van der Waals surface area (Å²) >= 11 is 6.83. The molecule has 3 N–H and O–H groups in total. The van der Waals surface area contributed by atoms with Gasteiger partial charge >= 0.3 is 0 Å². The van der Waals surface area contributed by atoms with E-state index in [2.05, 4.69) is 33.3 Å². The summed E-state index contributed by atoms with van der Waals surface area (Å²) in [7, 11) is 0. The van der Waals surface area contributed by atoms with Gasteiger partial charge in [0.25, 0.3) is 5.91 Å². The van der Waals surface area contributed by atoms with Crippen LogP contribution in [-0.4, -0.2) is 28.3 Å². The number of thioether (sulfide) groups is 1. The Kier molecular flexibility index (Phi) is 6.66. The molecule has 22 heavy (non-hydrogen) atoms. The second kappa shape index (κ2) is 9.01. The standard InChI is InChI=1S/C15H16N4OS2/c20-14(12-6-8-16-9-7-12)18-19-15(21)17-10-11-22-13-4-2-1-3-5-13/h1-9H,10-11H2,(H,18,20)(H2,17,19,21). The van der Waals surface area contributed by atoms with Crippen LogP contribution in [0.2, 0.25) is 0 Å². The van der Waals surface area contributed by atoms with Crippen molar-refractivity contribution in [1.29, 1.82) is 0 Å². The molecular formula is C15H16N4OS2. The maximum atomic E-state index is 11.8. The fourth-order valence-corrected chi connectivity index (χ4v) is 2.53. The van der Waals surface area contributed by atoms with Crippen LogP contribution in [0.1, 0.15) is 10.4 Å². The third-order valence-corrected chi connectivity index (χ3v) is 3.89. The zero-order valence-corrected chi connectivity index (χ0v) is 13.4. The largest absolute Gasteiger partial charge is 0.361 e. The van der Waals surface area contributed by atoms with Gasteiger partial charge in [-0.3, -0.25) is 20.6 Å². The Morgan fingerprint density at radius 1 is 1.09 bits per heavy atom. The minimum Gasteiger partial charge on any atom is -0.361 e. The first-order chi connectivity index (χ1) is 10.8. The average molecular weight is 332 g/mol. The number of benzene rings is 1. The second-order valence-corrected chi connectivity index (χ2v) is 5.81. The first-order valence-corrected chi connectivity index (χ1v) is 8.07. The summed E-state index contributed by atoms with van der Waals surface area (Å²) in [6.45, 7) is 0.705. The van der Waals surface area contributed by atoms with Gasteiger partial charge in [0.1, 0.15) is 0 Å². The predicted molar refractivity (Wildman–Crippen MR) is 92.6 cm³/mol. The van der Waals surface area contributed by atoms with E-state index >= 15 is 0 Å². The number of carbonyl (C=O) groups is 1. The van der Waals surface area contributed by atoms with Gasteiger partial charge in [0.05, 0.1) is 0 Å². The lowest BCUT2D eigenvalue weighted by Crippen LogP contribution is -2.47. The maximum Gasteiger partial charge on any atom is 0.269 e. The van der Waals surface area contributed by atoms with E-state index in [4.69, 9.17) is 12.2 Å². The summed E-state index contributed by atoms with van der Waals surface area (Å²) in [6.07, 6.45) is 3.12. The number of hydrogen-bond acceptors (Lipinski definition) is 4. The van der Waals surface area contributed by atoms with Crippen molar-refractivity contribution < 1.29 is 4.79 Å². The maximum absolute atomic E-state index is 11.8. The first-order valence-electron chi connectivity index (χ1n) is 6.68. The highest BCUT2D eigenvalue weighted by molar-refractivity contribution is 7.99. The number of carbonyl (C=O) groups excluding carboxylic acids is 1. The molecule has 2 aromatic rings. The van der Waals surface area contributed by atoms with Gasteiger partial charge in [0, 0.05) is 35.2 Å². The molecule has 1 aromatic carbocycles. The Morgan fingerprint density at radius 3 is 2.55 bits per heavy atom. The number of aromatic nitrogens is 1. The minimum absolute atomic E-state index is 0.259. The van der Waals surface area contributed by atoms with E-state index in [9.17, 15) is 4.79 Å². The highest BCUT2D eigenvalue weighted by atomic mass is 32.2. The van der Waals surface area contributed by atoms with Crippen LogP contribution in [0.4, 0.5) is 0 Å². The third kappa shape index (κ3) is 5.71. The molecule has 1 aromatic heterocycles. The summed E-state index contributed by atoms with van der Waals surface area (Å²) in [6, 6.07) is 13.4. The molecule has 2 rings (SSSR count). The SMILES string of the molecule is O=C(NNC(=S)NCCSc1ccccc1)c1ccncc1. The van der Waals surface area contributed by atoms with Crippen LogP contribution in [0, 0.1) is 0 Å². The number of amides is 1. The molecule has 0 radical (unpaired) electrons. The van der Waals surface area contributed by atoms with Crippen LogP contribution < -0.4 is 16.2 Å². The van der Waals surface area contributed by atoms with Gasteiger partial charge in [-0.15, -0.1) is 11.8 Å². The topological polar surface area (TPSA) is 66.1 Å². The van der Waals surface area contributed by atoms with E-state index < -0.39 is 0 Å². The lowest BCUT2D eigenvalue weighted by molar-refractivity contribution is 0.0943. The Hall–Kier alpha value is -2.12. The van der Waals surface area contributed by atoms with Crippen molar-refractivity contribution in [2.24, 2.45) is 0 Å². The summed E-state index contributed by atoms with van der Waals surface area (Å²) in [4.78, 5) is 16.8. The number of nitrogens with one attached hydrogen (secondary N) is 3. The Bertz CT molecular complexity index is 607. The fourth-order valence-electron chi connectivity index (χ4n) is 1.58. The van der Waals surface area contributed by atoms with Gasteiger partial charge in [-0.25, -0.2) is 0 Å². The number of rotatable bonds is 5. The molecule has 1 amide bonds. The lowest BCUT2D eigenvalue weighted by atomic mass is 10.3. The Balaban J connectivity index is 1.61. The highest BCUT2D eigenvalue weighted by Gasteiger charge is 2.04. The van der Waals surface area contributed by atoms with Crippen LogP contribution in [0.3, 0.4) is 0 Å². The predicted octanol–water partition coefficient (Wildman–Crippen LogP) is 1.98. The number of hydrazine groups is 1. The summed E-state index contributed by atoms with van der Waals surface area (Å²) in [5, 5.41) is 3.42. The van der Waals surface area contributed by atoms with Crippen molar-refractivity contribution in [1.82, 2.24) is 21.2 Å². The van der Waals surface area contributed by atoms with Crippen molar-refractivity contribution in [2.75, 3.05) is 12.3 Å². The molecule has 5 nitrogen and oxygen atoms in total. The van der Waals surface area contributed by atoms with Gasteiger partial charge in [-0.05, 0) is 36.5 Å². The van der Waals surface area contributed by atoms with Crippen LogP contribution >= 0.6 is 24.0 Å². The Morgan fingerprint density at radius 2 is 1.82 bits per heavy atom. The molecule has 0 aliphatic rings. The molecule has 114 valence electrons. The first kappa shape index (κ1) is 16.3. The molecular weight excluding hydrogens is 316 g/mol. The number of thiocarbonyl (C=S) groups is 1. The van der Waals surface area contributed by atoms with Gasteiger partial charge in [-0.1, -0.05) is 18.2 Å². The zero-order valence-electron chi connectivity index (χ0n) is 11.8. The zero-order chi connectivity index (χ0) is 15.6. The molecule has 0 saturated heterocycles. The molecule has 0 aliphatic heterocycles. The van der Waals surface area contributed by atoms with E-state index in [0.717, 1.165) is 5.75 Å². The monoisotopic (exact) mass is 332 g/mol. The Labute approximate surface area is 138 Å². The van der Waals surface area contributed by atoms with Crippen LogP contribution in [-0.2, 0) is 0 Å². The van der Waals surface area contributed by atoms with Crippen molar-refractivity contribution in [3.05, 3.63) is 60.4 Å². The van der Waals surface area contributed by atoms with E-state index in [1.54, 1.807) is 36.3 Å². The second-order valence-electron chi connectivity index (χ2n) is 4.23. The van der Waals surface area contributed by atoms with E-state index in [-0.39, 0.29) is 5.91 Å². The summed E-state index contributed by atoms with van der Waals surface area (Å²) in [5.74, 6) is 0.620. The van der Waals surface area contributed by atoms with Gasteiger partial charge in [0.2, 0.25) is 0 Å². The molecule has 0 atom stereocenters. The summed E-state index contributed by atoms with van der Waals surface area (Å²) < 4.78 is 0. The van der Waals surface area contributed by atoms with Crippen LogP contribution in [0.5, 0.6) is 0 Å². The average Bonchev–Trinajstić information content (AvgIpc) is 2.58. The quantitative estimate of drug-likeness (QED) is 0.337. The van der Waals surface area contributed by atoms with Crippen molar-refractivity contribution in [3.63, 3.8) is 0 Å². The van der Waals surface area contributed by atoms with Crippen LogP contribution in [0.25, 0.3) is 0 Å². The minimum atomic E-state index is -0.259. The molecule has 1 heterocycles. The molecule has 0 aliphatic carbocycles. The third-order valence-electron chi connectivity index (χ3n) is 2.63. The van der Waals surface area contributed by atoms with Crippen molar-refractivity contribution in [2.45, 2.75) is 4.90 Å². The van der Waals surface area contributed by atoms with Crippen LogP contribution in [0.15, 0.2) is 59.8 Å². The van der Waals surface area contributed by atoms with Gasteiger partial charge < -0.3 is 5.32 Å². The molecule has 0 saturated carbocycles. The molecule has 0 unspecified atom stereocenters. The molecule has 0 spiro atoms. The fraction of sp³-hybridized carbons (Fsp3) is 0.133. The molecule has 0 fully saturated rings. The molecule has 0 bridgehead atoms. The highest BCUT2D eigenvalue weighted by Crippen LogP contribution is 2.15. The smallest absolute Gasteiger partial charge is 0.269 e.